The molecule has 0 aromatic carbocycles. The summed E-state index contributed by atoms with van der Waals surface area (Å²) < 4.78 is 16.9. The van der Waals surface area contributed by atoms with E-state index in [0.717, 1.165) is 154 Å². The molecular formula is C76H120O6. The molecule has 0 heterocycles. The van der Waals surface area contributed by atoms with Gasteiger partial charge >= 0.3 is 17.9 Å². The number of rotatable bonds is 58. The van der Waals surface area contributed by atoms with Crippen LogP contribution in [-0.2, 0) is 28.6 Å². The number of esters is 3. The van der Waals surface area contributed by atoms with E-state index in [1.165, 1.54) is 70.6 Å². The van der Waals surface area contributed by atoms with E-state index in [0.29, 0.717) is 12.8 Å². The number of hydrogen-bond donors (Lipinski definition) is 0. The third-order valence-electron chi connectivity index (χ3n) is 13.5. The van der Waals surface area contributed by atoms with Gasteiger partial charge in [0.2, 0.25) is 0 Å². The first-order chi connectivity index (χ1) is 40.5. The SMILES string of the molecule is CC/C=C\C/C=C\C/C=C\C/C=C\C/C=C\C/C=C\C/C=C\C/C=C\C/C=C\CCCC(=O)OCC(COC(=O)CCCCCCCCCCCCCCCC)OC(=O)CCCCCCC/C=C\C/C=C\C/C=C\C/C=C\C/C=C\CC. The van der Waals surface area contributed by atoms with Gasteiger partial charge in [0.15, 0.2) is 6.10 Å². The summed E-state index contributed by atoms with van der Waals surface area (Å²) in [6.45, 7) is 6.35. The van der Waals surface area contributed by atoms with Crippen LogP contribution in [0.5, 0.6) is 0 Å². The lowest BCUT2D eigenvalue weighted by molar-refractivity contribution is -0.167. The van der Waals surface area contributed by atoms with Gasteiger partial charge in [-0.25, -0.2) is 0 Å². The predicted molar refractivity (Wildman–Crippen MR) is 357 cm³/mol. The monoisotopic (exact) mass is 1130 g/mol. The maximum Gasteiger partial charge on any atom is 0.306 e. The molecule has 0 saturated carbocycles. The Balaban J connectivity index is 4.51. The van der Waals surface area contributed by atoms with Gasteiger partial charge in [-0.15, -0.1) is 0 Å². The van der Waals surface area contributed by atoms with E-state index >= 15 is 0 Å². The van der Waals surface area contributed by atoms with Crippen molar-refractivity contribution < 1.29 is 28.6 Å². The molecule has 0 saturated heterocycles. The first-order valence-electron chi connectivity index (χ1n) is 33.1. The normalized spacial score (nSPS) is 13.3. The standard InChI is InChI=1S/C76H120O6/c1-4-7-10-13-16-19-22-25-28-30-32-34-35-36-37-38-39-40-41-43-44-46-48-51-54-57-60-63-66-69-75(78)81-72-73(71-80-74(77)68-65-62-59-56-53-50-27-24-21-18-15-12-9-6-3)82-76(79)70-67-64-61-58-55-52-49-47-45-42-33-31-29-26-23-20-17-14-11-8-5-2/h7-8,10-11,16-17,19-20,25-26,28-29,32-34,36-37,39-40,42-44,47-49,51,57,60,73H,4-6,9,12-15,18,21-24,27,30-31,35,38,41,45-46,50,52-56,58-59,61-72H2,1-3H3/b10-7-,11-8-,19-16-,20-17-,28-25-,29-26-,34-32-,37-36-,40-39-,42-33-,44-43-,49-47-,51-48-,60-57-. The van der Waals surface area contributed by atoms with Crippen molar-refractivity contribution in [1.82, 2.24) is 0 Å². The van der Waals surface area contributed by atoms with Crippen LogP contribution in [0.2, 0.25) is 0 Å². The first kappa shape index (κ1) is 76.8. The number of allylic oxidation sites excluding steroid dienone is 28. The van der Waals surface area contributed by atoms with Crippen LogP contribution in [0.3, 0.4) is 0 Å². The minimum Gasteiger partial charge on any atom is -0.462 e. The van der Waals surface area contributed by atoms with Crippen molar-refractivity contribution in [2.75, 3.05) is 13.2 Å². The Morgan fingerprint density at radius 1 is 0.256 bits per heavy atom. The van der Waals surface area contributed by atoms with E-state index in [1.807, 2.05) is 0 Å². The fourth-order valence-corrected chi connectivity index (χ4v) is 8.59. The fraction of sp³-hybridized carbons (Fsp3) is 0.592. The highest BCUT2D eigenvalue weighted by Gasteiger charge is 2.19. The molecule has 0 N–H and O–H groups in total. The Hall–Kier alpha value is -5.23. The van der Waals surface area contributed by atoms with E-state index < -0.39 is 6.10 Å². The highest BCUT2D eigenvalue weighted by Crippen LogP contribution is 2.15. The summed E-state index contributed by atoms with van der Waals surface area (Å²) in [6.07, 6.45) is 101. The van der Waals surface area contributed by atoms with Crippen molar-refractivity contribution in [3.05, 3.63) is 170 Å². The first-order valence-corrected chi connectivity index (χ1v) is 33.1. The van der Waals surface area contributed by atoms with Crippen LogP contribution in [-0.4, -0.2) is 37.2 Å². The van der Waals surface area contributed by atoms with Crippen LogP contribution in [0.1, 0.15) is 271 Å². The van der Waals surface area contributed by atoms with Crippen LogP contribution in [0.15, 0.2) is 170 Å². The fourth-order valence-electron chi connectivity index (χ4n) is 8.59. The lowest BCUT2D eigenvalue weighted by Gasteiger charge is -2.18. The largest absolute Gasteiger partial charge is 0.462 e. The highest BCUT2D eigenvalue weighted by atomic mass is 16.6. The minimum absolute atomic E-state index is 0.109. The maximum atomic E-state index is 12.9. The minimum atomic E-state index is -0.821. The molecule has 6 heteroatoms. The molecule has 6 nitrogen and oxygen atoms in total. The van der Waals surface area contributed by atoms with Crippen molar-refractivity contribution in [2.45, 2.75) is 277 Å². The molecule has 0 aliphatic carbocycles. The predicted octanol–water partition coefficient (Wildman–Crippen LogP) is 23.0. The van der Waals surface area contributed by atoms with Crippen LogP contribution < -0.4 is 0 Å². The Kier molecular flexibility index (Phi) is 63.9. The lowest BCUT2D eigenvalue weighted by atomic mass is 10.0. The number of carbonyl (C=O) groups is 3. The van der Waals surface area contributed by atoms with E-state index in [-0.39, 0.29) is 44.0 Å². The molecule has 0 rings (SSSR count). The molecule has 82 heavy (non-hydrogen) atoms. The molecule has 0 aliphatic heterocycles. The van der Waals surface area contributed by atoms with Gasteiger partial charge in [-0.3, -0.25) is 14.4 Å². The number of carbonyl (C=O) groups excluding carboxylic acids is 3. The van der Waals surface area contributed by atoms with E-state index in [2.05, 4.69) is 191 Å². The summed E-state index contributed by atoms with van der Waals surface area (Å²) in [5.74, 6) is -0.992. The van der Waals surface area contributed by atoms with Gasteiger partial charge in [-0.1, -0.05) is 294 Å². The number of hydrogen-bond acceptors (Lipinski definition) is 6. The molecule has 0 spiro atoms. The topological polar surface area (TPSA) is 78.9 Å². The second kappa shape index (κ2) is 68.3. The molecule has 0 aromatic heterocycles. The Labute approximate surface area is 504 Å². The highest BCUT2D eigenvalue weighted by molar-refractivity contribution is 5.71. The lowest BCUT2D eigenvalue weighted by Crippen LogP contribution is -2.30. The molecule has 1 atom stereocenters. The molecule has 0 fully saturated rings. The average Bonchev–Trinajstić information content (AvgIpc) is 3.47. The summed E-state index contributed by atoms with van der Waals surface area (Å²) in [6, 6.07) is 0. The van der Waals surface area contributed by atoms with Crippen LogP contribution >= 0.6 is 0 Å². The van der Waals surface area contributed by atoms with E-state index in [4.69, 9.17) is 14.2 Å². The summed E-state index contributed by atoms with van der Waals surface area (Å²) in [5.41, 5.74) is 0. The Morgan fingerprint density at radius 2 is 0.488 bits per heavy atom. The number of unbranched alkanes of at least 4 members (excludes halogenated alkanes) is 19. The van der Waals surface area contributed by atoms with Crippen molar-refractivity contribution in [1.29, 1.82) is 0 Å². The summed E-state index contributed by atoms with van der Waals surface area (Å²) in [7, 11) is 0. The number of ether oxygens (including phenoxy) is 3. The van der Waals surface area contributed by atoms with Crippen molar-refractivity contribution in [3.63, 3.8) is 0 Å². The average molecular weight is 1130 g/mol. The second-order valence-corrected chi connectivity index (χ2v) is 21.3. The van der Waals surface area contributed by atoms with Crippen molar-refractivity contribution >= 4 is 17.9 Å². The summed E-state index contributed by atoms with van der Waals surface area (Å²) >= 11 is 0. The van der Waals surface area contributed by atoms with E-state index in [1.54, 1.807) is 0 Å². The van der Waals surface area contributed by atoms with Crippen molar-refractivity contribution in [3.8, 4) is 0 Å². The van der Waals surface area contributed by atoms with Gasteiger partial charge in [0, 0.05) is 19.3 Å². The third kappa shape index (κ3) is 65.6. The van der Waals surface area contributed by atoms with Crippen LogP contribution in [0.4, 0.5) is 0 Å². The molecule has 0 aliphatic rings. The zero-order valence-electron chi connectivity index (χ0n) is 52.7. The zero-order valence-corrected chi connectivity index (χ0v) is 52.7. The van der Waals surface area contributed by atoms with Crippen LogP contribution in [0, 0.1) is 0 Å². The third-order valence-corrected chi connectivity index (χ3v) is 13.5. The molecule has 0 amide bonds. The van der Waals surface area contributed by atoms with E-state index in [9.17, 15) is 14.4 Å². The van der Waals surface area contributed by atoms with Gasteiger partial charge < -0.3 is 14.2 Å². The van der Waals surface area contributed by atoms with Crippen LogP contribution in [0.25, 0.3) is 0 Å². The van der Waals surface area contributed by atoms with Crippen molar-refractivity contribution in [2.24, 2.45) is 0 Å². The maximum absolute atomic E-state index is 12.9. The molecular weight excluding hydrogens is 1010 g/mol. The molecule has 0 bridgehead atoms. The molecule has 0 radical (unpaired) electrons. The van der Waals surface area contributed by atoms with Gasteiger partial charge in [-0.05, 0) is 128 Å². The van der Waals surface area contributed by atoms with Gasteiger partial charge in [0.05, 0.1) is 0 Å². The second-order valence-electron chi connectivity index (χ2n) is 21.3. The van der Waals surface area contributed by atoms with Gasteiger partial charge in [-0.2, -0.15) is 0 Å². The molecule has 1 unspecified atom stereocenters. The van der Waals surface area contributed by atoms with Gasteiger partial charge in [0.25, 0.3) is 0 Å². The zero-order chi connectivity index (χ0) is 59.2. The molecule has 0 aromatic rings. The Morgan fingerprint density at radius 3 is 0.793 bits per heavy atom. The Bertz CT molecular complexity index is 1870. The summed E-state index contributed by atoms with van der Waals surface area (Å²) in [4.78, 5) is 38.3. The molecule has 460 valence electrons. The smallest absolute Gasteiger partial charge is 0.306 e. The van der Waals surface area contributed by atoms with Gasteiger partial charge in [0.1, 0.15) is 13.2 Å². The summed E-state index contributed by atoms with van der Waals surface area (Å²) in [5, 5.41) is 0. The quantitative estimate of drug-likeness (QED) is 0.0261.